The number of thioether (sulfide) groups is 1. The molecule has 0 heterocycles. The number of alkyl halides is 1. The standard InChI is InChI=1S/C9H9BrO2S/c10-5-6-13-8-3-1-7(2-4-8)9(11)12/h1-4H,5-6H2,(H,11,12). The van der Waals surface area contributed by atoms with Crippen LogP contribution in [0.25, 0.3) is 0 Å². The Morgan fingerprint density at radius 3 is 2.46 bits per heavy atom. The second-order valence-electron chi connectivity index (χ2n) is 2.37. The van der Waals surface area contributed by atoms with Crippen LogP contribution in [-0.4, -0.2) is 22.2 Å². The highest BCUT2D eigenvalue weighted by Gasteiger charge is 2.01. The van der Waals surface area contributed by atoms with Gasteiger partial charge in [-0.2, -0.15) is 0 Å². The topological polar surface area (TPSA) is 37.3 Å². The lowest BCUT2D eigenvalue weighted by Crippen LogP contribution is -1.94. The number of carboxylic acids is 1. The van der Waals surface area contributed by atoms with Crippen LogP contribution in [0.1, 0.15) is 10.4 Å². The van der Waals surface area contributed by atoms with Crippen molar-refractivity contribution >= 4 is 33.7 Å². The third-order valence-corrected chi connectivity index (χ3v) is 3.38. The SMILES string of the molecule is O=C(O)c1ccc(SCCBr)cc1. The largest absolute Gasteiger partial charge is 0.478 e. The molecule has 0 radical (unpaired) electrons. The molecule has 1 rings (SSSR count). The van der Waals surface area contributed by atoms with Gasteiger partial charge in [-0.3, -0.25) is 0 Å². The number of benzene rings is 1. The second-order valence-corrected chi connectivity index (χ2v) is 4.33. The highest BCUT2D eigenvalue weighted by molar-refractivity contribution is 9.09. The minimum absolute atomic E-state index is 0.336. The summed E-state index contributed by atoms with van der Waals surface area (Å²) in [7, 11) is 0. The summed E-state index contributed by atoms with van der Waals surface area (Å²) in [5.41, 5.74) is 0.336. The molecule has 4 heteroatoms. The summed E-state index contributed by atoms with van der Waals surface area (Å²) in [6, 6.07) is 6.91. The van der Waals surface area contributed by atoms with Gasteiger partial charge in [-0.1, -0.05) is 15.9 Å². The van der Waals surface area contributed by atoms with Gasteiger partial charge in [0.2, 0.25) is 0 Å². The first-order valence-corrected chi connectivity index (χ1v) is 5.87. The summed E-state index contributed by atoms with van der Waals surface area (Å²) in [4.78, 5) is 11.6. The molecule has 0 amide bonds. The molecular formula is C9H9BrO2S. The zero-order valence-electron chi connectivity index (χ0n) is 6.87. The van der Waals surface area contributed by atoms with Gasteiger partial charge in [0.1, 0.15) is 0 Å². The van der Waals surface area contributed by atoms with Crippen LogP contribution in [-0.2, 0) is 0 Å². The number of carboxylic acid groups (broad SMARTS) is 1. The van der Waals surface area contributed by atoms with Gasteiger partial charge in [-0.05, 0) is 24.3 Å². The fourth-order valence-corrected chi connectivity index (χ4v) is 1.98. The van der Waals surface area contributed by atoms with E-state index in [-0.39, 0.29) is 0 Å². The van der Waals surface area contributed by atoms with Crippen molar-refractivity contribution in [2.24, 2.45) is 0 Å². The molecular weight excluding hydrogens is 252 g/mol. The number of hydrogen-bond acceptors (Lipinski definition) is 2. The average molecular weight is 261 g/mol. The summed E-state index contributed by atoms with van der Waals surface area (Å²) in [6.45, 7) is 0. The Bertz CT molecular complexity index is 284. The van der Waals surface area contributed by atoms with E-state index in [0.717, 1.165) is 16.0 Å². The molecule has 1 aromatic rings. The summed E-state index contributed by atoms with van der Waals surface area (Å²) in [5, 5.41) is 9.58. The maximum Gasteiger partial charge on any atom is 0.335 e. The smallest absolute Gasteiger partial charge is 0.335 e. The van der Waals surface area contributed by atoms with Crippen LogP contribution in [0, 0.1) is 0 Å². The van der Waals surface area contributed by atoms with Crippen LogP contribution in [0.4, 0.5) is 0 Å². The van der Waals surface area contributed by atoms with Crippen LogP contribution in [0.2, 0.25) is 0 Å². The van der Waals surface area contributed by atoms with Crippen LogP contribution < -0.4 is 0 Å². The van der Waals surface area contributed by atoms with E-state index in [1.807, 2.05) is 12.1 Å². The van der Waals surface area contributed by atoms with E-state index < -0.39 is 5.97 Å². The predicted molar refractivity (Wildman–Crippen MR) is 57.9 cm³/mol. The molecule has 0 saturated carbocycles. The molecule has 70 valence electrons. The van der Waals surface area contributed by atoms with Crippen molar-refractivity contribution in [2.75, 3.05) is 11.1 Å². The third kappa shape index (κ3) is 3.40. The van der Waals surface area contributed by atoms with Crippen LogP contribution in [0.15, 0.2) is 29.2 Å². The number of rotatable bonds is 4. The van der Waals surface area contributed by atoms with Crippen LogP contribution in [0.5, 0.6) is 0 Å². The molecule has 1 aromatic carbocycles. The zero-order chi connectivity index (χ0) is 9.68. The first-order valence-electron chi connectivity index (χ1n) is 3.76. The lowest BCUT2D eigenvalue weighted by molar-refractivity contribution is 0.0697. The minimum atomic E-state index is -0.878. The molecule has 0 aliphatic heterocycles. The molecule has 0 bridgehead atoms. The van der Waals surface area contributed by atoms with E-state index in [2.05, 4.69) is 15.9 Å². The van der Waals surface area contributed by atoms with Crippen LogP contribution >= 0.6 is 27.7 Å². The van der Waals surface area contributed by atoms with Crippen LogP contribution in [0.3, 0.4) is 0 Å². The van der Waals surface area contributed by atoms with E-state index in [1.54, 1.807) is 23.9 Å². The fraction of sp³-hybridized carbons (Fsp3) is 0.222. The molecule has 13 heavy (non-hydrogen) atoms. The van der Waals surface area contributed by atoms with E-state index in [0.29, 0.717) is 5.56 Å². The van der Waals surface area contributed by atoms with Crippen molar-refractivity contribution in [3.8, 4) is 0 Å². The Morgan fingerprint density at radius 1 is 1.38 bits per heavy atom. The summed E-state index contributed by atoms with van der Waals surface area (Å²) in [6.07, 6.45) is 0. The monoisotopic (exact) mass is 260 g/mol. The molecule has 0 fully saturated rings. The van der Waals surface area contributed by atoms with E-state index >= 15 is 0 Å². The van der Waals surface area contributed by atoms with Gasteiger partial charge in [0, 0.05) is 16.0 Å². The summed E-state index contributed by atoms with van der Waals surface area (Å²) >= 11 is 5.03. The second kappa shape index (κ2) is 5.29. The maximum absolute atomic E-state index is 10.5. The molecule has 0 saturated heterocycles. The lowest BCUT2D eigenvalue weighted by Gasteiger charge is -1.99. The number of carbonyl (C=O) groups is 1. The molecule has 2 nitrogen and oxygen atoms in total. The van der Waals surface area contributed by atoms with Gasteiger partial charge in [0.05, 0.1) is 5.56 Å². The molecule has 0 atom stereocenters. The van der Waals surface area contributed by atoms with Gasteiger partial charge in [0.25, 0.3) is 0 Å². The minimum Gasteiger partial charge on any atom is -0.478 e. The molecule has 0 aliphatic carbocycles. The maximum atomic E-state index is 10.5. The number of aromatic carboxylic acids is 1. The number of hydrogen-bond donors (Lipinski definition) is 1. The van der Waals surface area contributed by atoms with Crippen molar-refractivity contribution in [2.45, 2.75) is 4.90 Å². The average Bonchev–Trinajstić information content (AvgIpc) is 2.15. The summed E-state index contributed by atoms with van der Waals surface area (Å²) in [5.74, 6) is 0.115. The predicted octanol–water partition coefficient (Wildman–Crippen LogP) is 2.87. The Labute approximate surface area is 89.5 Å². The highest BCUT2D eigenvalue weighted by atomic mass is 79.9. The summed E-state index contributed by atoms with van der Waals surface area (Å²) < 4.78 is 0. The molecule has 1 N–H and O–H groups in total. The molecule has 0 aliphatic rings. The normalized spacial score (nSPS) is 9.92. The van der Waals surface area contributed by atoms with Crippen molar-refractivity contribution in [1.29, 1.82) is 0 Å². The first kappa shape index (κ1) is 10.6. The highest BCUT2D eigenvalue weighted by Crippen LogP contribution is 2.18. The van der Waals surface area contributed by atoms with Crippen molar-refractivity contribution < 1.29 is 9.90 Å². The van der Waals surface area contributed by atoms with Gasteiger partial charge in [-0.25, -0.2) is 4.79 Å². The number of halogens is 1. The fourth-order valence-electron chi connectivity index (χ4n) is 0.850. The molecule has 0 spiro atoms. The van der Waals surface area contributed by atoms with Gasteiger partial charge >= 0.3 is 5.97 Å². The Balaban J connectivity index is 2.64. The van der Waals surface area contributed by atoms with E-state index in [1.165, 1.54) is 0 Å². The van der Waals surface area contributed by atoms with Crippen molar-refractivity contribution in [3.63, 3.8) is 0 Å². The Hall–Kier alpha value is -0.480. The van der Waals surface area contributed by atoms with Gasteiger partial charge in [0.15, 0.2) is 0 Å². The zero-order valence-corrected chi connectivity index (χ0v) is 9.27. The van der Waals surface area contributed by atoms with Gasteiger partial charge < -0.3 is 5.11 Å². The van der Waals surface area contributed by atoms with E-state index in [4.69, 9.17) is 5.11 Å². The molecule has 0 aromatic heterocycles. The Morgan fingerprint density at radius 2 is 2.00 bits per heavy atom. The lowest BCUT2D eigenvalue weighted by atomic mass is 10.2. The van der Waals surface area contributed by atoms with Crippen molar-refractivity contribution in [3.05, 3.63) is 29.8 Å². The first-order chi connectivity index (χ1) is 6.24. The van der Waals surface area contributed by atoms with E-state index in [9.17, 15) is 4.79 Å². The Kier molecular flexibility index (Phi) is 4.32. The quantitative estimate of drug-likeness (QED) is 0.668. The third-order valence-electron chi connectivity index (χ3n) is 1.45. The molecule has 0 unspecified atom stereocenters. The van der Waals surface area contributed by atoms with Crippen molar-refractivity contribution in [1.82, 2.24) is 0 Å². The van der Waals surface area contributed by atoms with Gasteiger partial charge in [-0.15, -0.1) is 11.8 Å².